The van der Waals surface area contributed by atoms with Crippen LogP contribution in [0.4, 0.5) is 22.7 Å². The monoisotopic (exact) mass is 415 g/mol. The predicted molar refractivity (Wildman–Crippen MR) is 120 cm³/mol. The molecule has 1 unspecified atom stereocenters. The van der Waals surface area contributed by atoms with Crippen molar-refractivity contribution in [2.24, 2.45) is 26.4 Å². The topological polar surface area (TPSA) is 79.0 Å². The molecule has 2 aliphatic rings. The Kier molecular flexibility index (Phi) is 6.74. The Balaban J connectivity index is 1.32. The first-order chi connectivity index (χ1) is 15.2. The van der Waals surface area contributed by atoms with Gasteiger partial charge in [-0.1, -0.05) is 19.1 Å². The van der Waals surface area contributed by atoms with Gasteiger partial charge in [-0.2, -0.15) is 20.5 Å². The molecule has 1 atom stereocenters. The lowest BCUT2D eigenvalue weighted by Crippen LogP contribution is -2.17. The van der Waals surface area contributed by atoms with Crippen LogP contribution in [0.15, 0.2) is 92.9 Å². The van der Waals surface area contributed by atoms with E-state index in [1.165, 1.54) is 0 Å². The molecule has 0 bridgehead atoms. The highest BCUT2D eigenvalue weighted by molar-refractivity contribution is 5.82. The SMILES string of the molecule is CCC(=O)C1C=CC(N=Nc2ccc(N=Nc3ccc(N4CCOC4)cc3)cc2)=CC1. The van der Waals surface area contributed by atoms with Crippen molar-refractivity contribution in [2.75, 3.05) is 24.8 Å². The Labute approximate surface area is 181 Å². The highest BCUT2D eigenvalue weighted by Crippen LogP contribution is 2.25. The lowest BCUT2D eigenvalue weighted by atomic mass is 9.94. The minimum absolute atomic E-state index is 0.0287. The molecule has 4 rings (SSSR count). The highest BCUT2D eigenvalue weighted by atomic mass is 16.5. The zero-order chi connectivity index (χ0) is 21.5. The number of carbonyl (C=O) groups excluding carboxylic acids is 1. The summed E-state index contributed by atoms with van der Waals surface area (Å²) in [6.45, 7) is 4.21. The fourth-order valence-corrected chi connectivity index (χ4v) is 3.35. The smallest absolute Gasteiger partial charge is 0.139 e. The van der Waals surface area contributed by atoms with Crippen molar-refractivity contribution < 1.29 is 9.53 Å². The first-order valence-electron chi connectivity index (χ1n) is 10.5. The third kappa shape index (κ3) is 5.58. The number of allylic oxidation sites excluding steroid dienone is 3. The number of carbonyl (C=O) groups is 1. The van der Waals surface area contributed by atoms with Crippen LogP contribution in [0.3, 0.4) is 0 Å². The molecule has 2 aromatic carbocycles. The van der Waals surface area contributed by atoms with Crippen LogP contribution in [0.1, 0.15) is 19.8 Å². The Bertz CT molecular complexity index is 1020. The number of Topliss-reactive ketones (excluding diaryl/α,β-unsaturated/α-hetero) is 1. The van der Waals surface area contributed by atoms with Gasteiger partial charge in [-0.15, -0.1) is 0 Å². The number of rotatable bonds is 7. The molecule has 0 saturated carbocycles. The van der Waals surface area contributed by atoms with Crippen LogP contribution in [0.2, 0.25) is 0 Å². The Morgan fingerprint density at radius 1 is 0.968 bits per heavy atom. The predicted octanol–water partition coefficient (Wildman–Crippen LogP) is 6.42. The highest BCUT2D eigenvalue weighted by Gasteiger charge is 2.15. The van der Waals surface area contributed by atoms with E-state index >= 15 is 0 Å². The van der Waals surface area contributed by atoms with Crippen LogP contribution in [0, 0.1) is 5.92 Å². The van der Waals surface area contributed by atoms with Crippen molar-refractivity contribution in [3.63, 3.8) is 0 Å². The van der Waals surface area contributed by atoms with Crippen molar-refractivity contribution in [3.8, 4) is 0 Å². The third-order valence-electron chi connectivity index (χ3n) is 5.22. The molecule has 7 nitrogen and oxygen atoms in total. The Hall–Kier alpha value is -3.45. The van der Waals surface area contributed by atoms with E-state index in [1.807, 2.05) is 73.7 Å². The van der Waals surface area contributed by atoms with E-state index in [0.717, 1.165) is 41.6 Å². The molecule has 0 radical (unpaired) electrons. The number of nitrogens with zero attached hydrogens (tertiary/aromatic N) is 5. The number of benzene rings is 2. The first-order valence-corrected chi connectivity index (χ1v) is 10.5. The van der Waals surface area contributed by atoms with E-state index in [2.05, 4.69) is 25.4 Å². The second kappa shape index (κ2) is 10.0. The average molecular weight is 415 g/mol. The standard InChI is InChI=1S/C24H25N5O2/c1-2-24(30)18-3-5-19(6-4-18)25-26-20-7-9-21(10-8-20)27-28-22-11-13-23(14-12-22)29-15-16-31-17-29/h3,5-14,18H,2,4,15-17H2,1H3. The molecule has 7 heteroatoms. The van der Waals surface area contributed by atoms with Gasteiger partial charge < -0.3 is 9.64 Å². The van der Waals surface area contributed by atoms with Gasteiger partial charge in [0.15, 0.2) is 0 Å². The van der Waals surface area contributed by atoms with E-state index in [1.54, 1.807) is 0 Å². The third-order valence-corrected chi connectivity index (χ3v) is 5.22. The molecule has 0 aromatic heterocycles. The number of ketones is 1. The zero-order valence-corrected chi connectivity index (χ0v) is 17.5. The molecular weight excluding hydrogens is 390 g/mol. The van der Waals surface area contributed by atoms with Crippen LogP contribution in [0.5, 0.6) is 0 Å². The summed E-state index contributed by atoms with van der Waals surface area (Å²) in [6, 6.07) is 15.4. The van der Waals surface area contributed by atoms with E-state index in [-0.39, 0.29) is 11.7 Å². The molecule has 1 aliphatic carbocycles. The normalized spacial score (nSPS) is 18.8. The number of hydrogen-bond donors (Lipinski definition) is 0. The van der Waals surface area contributed by atoms with Gasteiger partial charge in [-0.25, -0.2) is 0 Å². The molecular formula is C24H25N5O2. The molecule has 31 heavy (non-hydrogen) atoms. The summed E-state index contributed by atoms with van der Waals surface area (Å²) in [5.74, 6) is 0.226. The second-order valence-electron chi connectivity index (χ2n) is 7.38. The maximum absolute atomic E-state index is 11.7. The lowest BCUT2D eigenvalue weighted by molar-refractivity contribution is -0.121. The molecule has 0 amide bonds. The van der Waals surface area contributed by atoms with Crippen LogP contribution >= 0.6 is 0 Å². The van der Waals surface area contributed by atoms with Crippen LogP contribution in [-0.2, 0) is 9.53 Å². The number of anilines is 1. The Morgan fingerprint density at radius 2 is 1.58 bits per heavy atom. The molecule has 0 N–H and O–H groups in total. The summed E-state index contributed by atoms with van der Waals surface area (Å²) < 4.78 is 5.38. The van der Waals surface area contributed by atoms with Gasteiger partial charge >= 0.3 is 0 Å². The Morgan fingerprint density at radius 3 is 2.10 bits per heavy atom. The lowest BCUT2D eigenvalue weighted by Gasteiger charge is -2.15. The van der Waals surface area contributed by atoms with Crippen molar-refractivity contribution in [1.29, 1.82) is 0 Å². The van der Waals surface area contributed by atoms with Crippen molar-refractivity contribution in [2.45, 2.75) is 19.8 Å². The van der Waals surface area contributed by atoms with Crippen LogP contribution in [0.25, 0.3) is 0 Å². The first kappa shape index (κ1) is 20.8. The fourth-order valence-electron chi connectivity index (χ4n) is 3.35. The van der Waals surface area contributed by atoms with E-state index in [4.69, 9.17) is 4.74 Å². The van der Waals surface area contributed by atoms with Crippen molar-refractivity contribution in [3.05, 3.63) is 72.5 Å². The number of hydrogen-bond acceptors (Lipinski definition) is 7. The minimum Gasteiger partial charge on any atom is -0.359 e. The quantitative estimate of drug-likeness (QED) is 0.490. The van der Waals surface area contributed by atoms with Crippen LogP contribution in [-0.4, -0.2) is 25.7 Å². The molecule has 0 spiro atoms. The largest absolute Gasteiger partial charge is 0.359 e. The number of ether oxygens (including phenoxy) is 1. The van der Waals surface area contributed by atoms with E-state index < -0.39 is 0 Å². The van der Waals surface area contributed by atoms with Gasteiger partial charge in [0, 0.05) is 24.6 Å². The second-order valence-corrected chi connectivity index (χ2v) is 7.38. The van der Waals surface area contributed by atoms with Gasteiger partial charge in [0.2, 0.25) is 0 Å². The van der Waals surface area contributed by atoms with Gasteiger partial charge in [-0.05, 0) is 61.0 Å². The van der Waals surface area contributed by atoms with E-state index in [9.17, 15) is 4.79 Å². The van der Waals surface area contributed by atoms with Gasteiger partial charge in [0.05, 0.1) is 29.4 Å². The summed E-state index contributed by atoms with van der Waals surface area (Å²) in [7, 11) is 0. The summed E-state index contributed by atoms with van der Waals surface area (Å²) in [5, 5.41) is 17.1. The van der Waals surface area contributed by atoms with Crippen molar-refractivity contribution in [1.82, 2.24) is 0 Å². The maximum atomic E-state index is 11.7. The van der Waals surface area contributed by atoms with Gasteiger partial charge in [-0.3, -0.25) is 4.79 Å². The molecule has 2 aromatic rings. The maximum Gasteiger partial charge on any atom is 0.139 e. The summed E-state index contributed by atoms with van der Waals surface area (Å²) in [5.41, 5.74) is 4.17. The van der Waals surface area contributed by atoms with Crippen LogP contribution < -0.4 is 4.90 Å². The molecule has 158 valence electrons. The average Bonchev–Trinajstić information content (AvgIpc) is 3.37. The van der Waals surface area contributed by atoms with Gasteiger partial charge in [0.25, 0.3) is 0 Å². The molecule has 1 aliphatic heterocycles. The number of azo groups is 2. The summed E-state index contributed by atoms with van der Waals surface area (Å²) in [6.07, 6.45) is 6.96. The molecule has 1 heterocycles. The fraction of sp³-hybridized carbons (Fsp3) is 0.292. The van der Waals surface area contributed by atoms with Crippen molar-refractivity contribution >= 4 is 28.5 Å². The molecule has 1 saturated heterocycles. The summed E-state index contributed by atoms with van der Waals surface area (Å²) >= 11 is 0. The molecule has 1 fully saturated rings. The minimum atomic E-state index is -0.0287. The zero-order valence-electron chi connectivity index (χ0n) is 17.5. The van der Waals surface area contributed by atoms with Gasteiger partial charge in [0.1, 0.15) is 12.5 Å². The van der Waals surface area contributed by atoms with E-state index in [0.29, 0.717) is 19.6 Å². The summed E-state index contributed by atoms with van der Waals surface area (Å²) in [4.78, 5) is 13.9.